The van der Waals surface area contributed by atoms with Gasteiger partial charge < -0.3 is 10.1 Å². The smallest absolute Gasteiger partial charge is 0.416 e. The van der Waals surface area contributed by atoms with E-state index in [1.54, 1.807) is 7.05 Å². The number of hydrogen-bond donors (Lipinski definition) is 1. The number of nitrogens with one attached hydrogen (secondary N) is 1. The Bertz CT molecular complexity index is 619. The summed E-state index contributed by atoms with van der Waals surface area (Å²) in [6, 6.07) is 4.57. The summed E-state index contributed by atoms with van der Waals surface area (Å²) in [6.45, 7) is 0. The van der Waals surface area contributed by atoms with Gasteiger partial charge in [0, 0.05) is 7.05 Å². The first kappa shape index (κ1) is 14.6. The van der Waals surface area contributed by atoms with E-state index >= 15 is 0 Å². The first-order chi connectivity index (χ1) is 9.41. The molecule has 0 aliphatic rings. The van der Waals surface area contributed by atoms with Crippen molar-refractivity contribution in [1.29, 1.82) is 0 Å². The summed E-state index contributed by atoms with van der Waals surface area (Å²) < 4.78 is 43.6. The quantitative estimate of drug-likeness (QED) is 0.908. The number of benzene rings is 1. The Morgan fingerprint density at radius 1 is 1.25 bits per heavy atom. The average molecular weight is 348 g/mol. The Balaban J connectivity index is 2.31. The minimum Gasteiger partial charge on any atom is -0.438 e. The number of nitrogens with zero attached hydrogens (tertiary/aromatic N) is 2. The number of hydrogen-bond acceptors (Lipinski definition) is 4. The van der Waals surface area contributed by atoms with Crippen molar-refractivity contribution in [3.05, 3.63) is 40.6 Å². The van der Waals surface area contributed by atoms with Crippen molar-refractivity contribution in [2.24, 2.45) is 0 Å². The van der Waals surface area contributed by atoms with Crippen LogP contribution < -0.4 is 10.1 Å². The van der Waals surface area contributed by atoms with Gasteiger partial charge in [-0.05, 0) is 34.1 Å². The molecule has 0 saturated carbocycles. The highest BCUT2D eigenvalue weighted by Gasteiger charge is 2.30. The number of aromatic nitrogens is 2. The molecule has 0 aliphatic carbocycles. The Hall–Kier alpha value is -1.83. The molecule has 20 heavy (non-hydrogen) atoms. The molecule has 0 radical (unpaired) electrons. The Labute approximate surface area is 121 Å². The van der Waals surface area contributed by atoms with Crippen LogP contribution in [0.4, 0.5) is 19.0 Å². The molecule has 0 unspecified atom stereocenters. The molecule has 2 aromatic rings. The average Bonchev–Trinajstić information content (AvgIpc) is 2.40. The number of ether oxygens (including phenoxy) is 1. The Kier molecular flexibility index (Phi) is 4.12. The van der Waals surface area contributed by atoms with E-state index in [1.165, 1.54) is 18.5 Å². The summed E-state index contributed by atoms with van der Waals surface area (Å²) in [5, 5.41) is 2.80. The third-order valence-electron chi connectivity index (χ3n) is 2.37. The summed E-state index contributed by atoms with van der Waals surface area (Å²) in [5.74, 6) is 0.645. The first-order valence-corrected chi connectivity index (χ1v) is 6.24. The highest BCUT2D eigenvalue weighted by Crippen LogP contribution is 2.35. The molecular weight excluding hydrogens is 339 g/mol. The van der Waals surface area contributed by atoms with Crippen molar-refractivity contribution < 1.29 is 17.9 Å². The second kappa shape index (κ2) is 5.66. The SMILES string of the molecule is CNc1ncnc(Oc2cccc(C(F)(F)F)c2)c1Br. The summed E-state index contributed by atoms with van der Waals surface area (Å²) in [4.78, 5) is 7.80. The van der Waals surface area contributed by atoms with Crippen LogP contribution in [0, 0.1) is 0 Å². The van der Waals surface area contributed by atoms with E-state index in [4.69, 9.17) is 4.74 Å². The molecule has 4 nitrogen and oxygen atoms in total. The lowest BCUT2D eigenvalue weighted by Crippen LogP contribution is -2.04. The molecule has 8 heteroatoms. The molecular formula is C12H9BrF3N3O. The molecule has 106 valence electrons. The van der Waals surface area contributed by atoms with E-state index < -0.39 is 11.7 Å². The van der Waals surface area contributed by atoms with E-state index in [-0.39, 0.29) is 11.6 Å². The fourth-order valence-electron chi connectivity index (χ4n) is 1.45. The van der Waals surface area contributed by atoms with E-state index in [0.29, 0.717) is 10.3 Å². The molecule has 1 N–H and O–H groups in total. The van der Waals surface area contributed by atoms with Crippen molar-refractivity contribution >= 4 is 21.7 Å². The summed E-state index contributed by atoms with van der Waals surface area (Å²) in [6.07, 6.45) is -3.17. The van der Waals surface area contributed by atoms with Gasteiger partial charge in [-0.3, -0.25) is 0 Å². The van der Waals surface area contributed by atoms with Gasteiger partial charge in [0.05, 0.1) is 5.56 Å². The predicted molar refractivity (Wildman–Crippen MR) is 70.8 cm³/mol. The number of halogens is 4. The van der Waals surface area contributed by atoms with Gasteiger partial charge in [0.2, 0.25) is 5.88 Å². The molecule has 0 bridgehead atoms. The van der Waals surface area contributed by atoms with Gasteiger partial charge in [0.25, 0.3) is 0 Å². The summed E-state index contributed by atoms with van der Waals surface area (Å²) in [5.41, 5.74) is -0.783. The third-order valence-corrected chi connectivity index (χ3v) is 3.08. The fraction of sp³-hybridized carbons (Fsp3) is 0.167. The Morgan fingerprint density at radius 2 is 2.00 bits per heavy atom. The number of alkyl halides is 3. The maximum absolute atomic E-state index is 12.6. The maximum atomic E-state index is 12.6. The second-order valence-corrected chi connectivity index (χ2v) is 4.51. The molecule has 0 spiro atoms. The van der Waals surface area contributed by atoms with Crippen LogP contribution in [-0.2, 0) is 6.18 Å². The normalized spacial score (nSPS) is 11.2. The zero-order chi connectivity index (χ0) is 14.8. The molecule has 1 aromatic heterocycles. The van der Waals surface area contributed by atoms with Crippen molar-refractivity contribution in [3.8, 4) is 11.6 Å². The van der Waals surface area contributed by atoms with Crippen LogP contribution in [0.3, 0.4) is 0 Å². The van der Waals surface area contributed by atoms with Crippen LogP contribution in [0.1, 0.15) is 5.56 Å². The highest BCUT2D eigenvalue weighted by atomic mass is 79.9. The standard InChI is InChI=1S/C12H9BrF3N3O/c1-17-10-9(13)11(19-6-18-10)20-8-4-2-3-7(5-8)12(14,15)16/h2-6H,1H3,(H,17,18,19). The Morgan fingerprint density at radius 3 is 2.65 bits per heavy atom. The summed E-state index contributed by atoms with van der Waals surface area (Å²) >= 11 is 3.22. The molecule has 1 heterocycles. The maximum Gasteiger partial charge on any atom is 0.416 e. The monoisotopic (exact) mass is 347 g/mol. The molecule has 0 fully saturated rings. The van der Waals surface area contributed by atoms with Crippen LogP contribution in [0.15, 0.2) is 35.1 Å². The number of anilines is 1. The van der Waals surface area contributed by atoms with Gasteiger partial charge >= 0.3 is 6.18 Å². The lowest BCUT2D eigenvalue weighted by Gasteiger charge is -2.11. The van der Waals surface area contributed by atoms with E-state index in [9.17, 15) is 13.2 Å². The van der Waals surface area contributed by atoms with Gasteiger partial charge in [0.15, 0.2) is 0 Å². The zero-order valence-electron chi connectivity index (χ0n) is 10.2. The molecule has 0 saturated heterocycles. The molecule has 0 amide bonds. The van der Waals surface area contributed by atoms with Crippen LogP contribution in [0.2, 0.25) is 0 Å². The second-order valence-electron chi connectivity index (χ2n) is 3.72. The van der Waals surface area contributed by atoms with E-state index in [2.05, 4.69) is 31.2 Å². The summed E-state index contributed by atoms with van der Waals surface area (Å²) in [7, 11) is 1.65. The molecule has 0 atom stereocenters. The third kappa shape index (κ3) is 3.19. The first-order valence-electron chi connectivity index (χ1n) is 5.45. The molecule has 1 aromatic carbocycles. The lowest BCUT2D eigenvalue weighted by molar-refractivity contribution is -0.137. The van der Waals surface area contributed by atoms with Crippen LogP contribution in [-0.4, -0.2) is 17.0 Å². The van der Waals surface area contributed by atoms with Gasteiger partial charge in [-0.25, -0.2) is 9.97 Å². The van der Waals surface area contributed by atoms with Gasteiger partial charge in [0.1, 0.15) is 22.4 Å². The van der Waals surface area contributed by atoms with Gasteiger partial charge in [-0.2, -0.15) is 13.2 Å². The van der Waals surface area contributed by atoms with Crippen molar-refractivity contribution in [1.82, 2.24) is 9.97 Å². The topological polar surface area (TPSA) is 47.0 Å². The van der Waals surface area contributed by atoms with Crippen molar-refractivity contribution in [3.63, 3.8) is 0 Å². The highest BCUT2D eigenvalue weighted by molar-refractivity contribution is 9.10. The largest absolute Gasteiger partial charge is 0.438 e. The molecule has 2 rings (SSSR count). The minimum atomic E-state index is -4.42. The van der Waals surface area contributed by atoms with Gasteiger partial charge in [-0.1, -0.05) is 6.07 Å². The minimum absolute atomic E-state index is 0.0429. The number of rotatable bonds is 3. The van der Waals surface area contributed by atoms with Crippen LogP contribution in [0.5, 0.6) is 11.6 Å². The zero-order valence-corrected chi connectivity index (χ0v) is 11.8. The van der Waals surface area contributed by atoms with Crippen LogP contribution in [0.25, 0.3) is 0 Å². The van der Waals surface area contributed by atoms with Crippen LogP contribution >= 0.6 is 15.9 Å². The predicted octanol–water partition coefficient (Wildman–Crippen LogP) is 4.09. The van der Waals surface area contributed by atoms with Gasteiger partial charge in [-0.15, -0.1) is 0 Å². The van der Waals surface area contributed by atoms with E-state index in [0.717, 1.165) is 12.1 Å². The van der Waals surface area contributed by atoms with Crippen molar-refractivity contribution in [2.75, 3.05) is 12.4 Å². The molecule has 0 aliphatic heterocycles. The van der Waals surface area contributed by atoms with E-state index in [1.807, 2.05) is 0 Å². The van der Waals surface area contributed by atoms with Crippen molar-refractivity contribution in [2.45, 2.75) is 6.18 Å². The lowest BCUT2D eigenvalue weighted by atomic mass is 10.2. The fourth-order valence-corrected chi connectivity index (χ4v) is 1.93.